The highest BCUT2D eigenvalue weighted by Gasteiger charge is 2.41. The summed E-state index contributed by atoms with van der Waals surface area (Å²) in [5, 5.41) is 0. The van der Waals surface area contributed by atoms with Crippen molar-refractivity contribution >= 4 is 5.91 Å². The number of ether oxygens (including phenoxy) is 3. The van der Waals surface area contributed by atoms with Gasteiger partial charge in [-0.15, -0.1) is 13.2 Å². The van der Waals surface area contributed by atoms with Gasteiger partial charge >= 0.3 is 6.36 Å². The number of carbonyl (C=O) groups excluding carboxylic acids is 1. The molecule has 1 amide bonds. The van der Waals surface area contributed by atoms with Crippen LogP contribution in [0.4, 0.5) is 13.2 Å². The van der Waals surface area contributed by atoms with Crippen LogP contribution in [0.5, 0.6) is 5.75 Å². The molecule has 1 atom stereocenters. The molecule has 0 aliphatic carbocycles. The van der Waals surface area contributed by atoms with E-state index in [-0.39, 0.29) is 17.3 Å². The number of hydrogen-bond donors (Lipinski definition) is 0. The highest BCUT2D eigenvalue weighted by atomic mass is 19.4. The number of carbonyl (C=O) groups is 1. The summed E-state index contributed by atoms with van der Waals surface area (Å²) in [6, 6.07) is 6.17. The van der Waals surface area contributed by atoms with Gasteiger partial charge in [0.25, 0.3) is 0 Å². The molecule has 3 heterocycles. The number of rotatable bonds is 5. The van der Waals surface area contributed by atoms with Crippen molar-refractivity contribution in [3.63, 3.8) is 0 Å². The second-order valence-corrected chi connectivity index (χ2v) is 9.06. The summed E-state index contributed by atoms with van der Waals surface area (Å²) in [4.78, 5) is 16.8. The lowest BCUT2D eigenvalue weighted by Gasteiger charge is -2.46. The highest BCUT2D eigenvalue weighted by Crippen LogP contribution is 2.39. The molecule has 1 spiro atoms. The Bertz CT molecular complexity index is 775. The van der Waals surface area contributed by atoms with Crippen LogP contribution in [0.3, 0.4) is 0 Å². The molecular formula is C23H31F3N2O4. The Morgan fingerprint density at radius 3 is 2.59 bits per heavy atom. The van der Waals surface area contributed by atoms with Crippen molar-refractivity contribution in [3.8, 4) is 5.75 Å². The maximum Gasteiger partial charge on any atom is 0.573 e. The number of benzene rings is 1. The molecule has 3 saturated heterocycles. The quantitative estimate of drug-likeness (QED) is 0.678. The molecule has 0 N–H and O–H groups in total. The molecule has 0 radical (unpaired) electrons. The van der Waals surface area contributed by atoms with Gasteiger partial charge in [-0.25, -0.2) is 0 Å². The van der Waals surface area contributed by atoms with Gasteiger partial charge in [0.15, 0.2) is 0 Å². The normalized spacial score (nSPS) is 24.5. The summed E-state index contributed by atoms with van der Waals surface area (Å²) in [5.74, 6) is 0.363. The minimum absolute atomic E-state index is 0.188. The first-order valence-electron chi connectivity index (χ1n) is 11.4. The van der Waals surface area contributed by atoms with E-state index in [1.165, 1.54) is 12.1 Å². The predicted molar refractivity (Wildman–Crippen MR) is 111 cm³/mol. The van der Waals surface area contributed by atoms with Crippen LogP contribution in [0, 0.1) is 5.92 Å². The van der Waals surface area contributed by atoms with Crippen LogP contribution in [-0.4, -0.2) is 73.7 Å². The van der Waals surface area contributed by atoms with Gasteiger partial charge in [-0.3, -0.25) is 9.69 Å². The van der Waals surface area contributed by atoms with Gasteiger partial charge in [-0.05, 0) is 49.3 Å². The Hall–Kier alpha value is -1.84. The average molecular weight is 457 g/mol. The first-order valence-corrected chi connectivity index (χ1v) is 11.4. The topological polar surface area (TPSA) is 51.2 Å². The van der Waals surface area contributed by atoms with Crippen molar-refractivity contribution in [2.24, 2.45) is 5.92 Å². The molecule has 32 heavy (non-hydrogen) atoms. The fourth-order valence-corrected chi connectivity index (χ4v) is 5.06. The minimum atomic E-state index is -4.69. The Labute approximate surface area is 186 Å². The summed E-state index contributed by atoms with van der Waals surface area (Å²) < 4.78 is 53.0. The van der Waals surface area contributed by atoms with E-state index in [2.05, 4.69) is 9.64 Å². The summed E-state index contributed by atoms with van der Waals surface area (Å²) in [6.07, 6.45) is -0.573. The zero-order valence-corrected chi connectivity index (χ0v) is 18.2. The minimum Gasteiger partial charge on any atom is -0.406 e. The predicted octanol–water partition coefficient (Wildman–Crippen LogP) is 3.60. The van der Waals surface area contributed by atoms with Crippen LogP contribution in [-0.2, 0) is 20.8 Å². The van der Waals surface area contributed by atoms with E-state index in [9.17, 15) is 18.0 Å². The number of morpholine rings is 1. The average Bonchev–Trinajstić information content (AvgIpc) is 2.75. The first-order chi connectivity index (χ1) is 15.3. The van der Waals surface area contributed by atoms with E-state index in [4.69, 9.17) is 9.47 Å². The van der Waals surface area contributed by atoms with Crippen LogP contribution in [0.15, 0.2) is 24.3 Å². The molecule has 0 bridgehead atoms. The van der Waals surface area contributed by atoms with Crippen LogP contribution >= 0.6 is 0 Å². The Morgan fingerprint density at radius 1 is 1.12 bits per heavy atom. The number of likely N-dealkylation sites (tertiary alicyclic amines) is 1. The molecule has 0 aromatic heterocycles. The zero-order valence-electron chi connectivity index (χ0n) is 18.2. The van der Waals surface area contributed by atoms with Gasteiger partial charge in [0.2, 0.25) is 5.91 Å². The lowest BCUT2D eigenvalue weighted by molar-refractivity contribution is -0.274. The molecule has 1 unspecified atom stereocenters. The van der Waals surface area contributed by atoms with Crippen molar-refractivity contribution in [1.82, 2.24) is 9.80 Å². The van der Waals surface area contributed by atoms with Crippen molar-refractivity contribution in [2.45, 2.75) is 50.6 Å². The smallest absolute Gasteiger partial charge is 0.406 e. The number of nitrogens with zero attached hydrogens (tertiary/aromatic N) is 2. The molecule has 1 aromatic rings. The van der Waals surface area contributed by atoms with Crippen LogP contribution in [0.1, 0.15) is 37.7 Å². The number of halogens is 3. The van der Waals surface area contributed by atoms with Gasteiger partial charge < -0.3 is 19.1 Å². The lowest BCUT2D eigenvalue weighted by Crippen LogP contribution is -2.50. The third-order valence-corrected chi connectivity index (χ3v) is 6.73. The maximum absolute atomic E-state index is 12.6. The van der Waals surface area contributed by atoms with Crippen molar-refractivity contribution in [2.75, 3.05) is 46.0 Å². The number of piperidine rings is 1. The Balaban J connectivity index is 1.27. The van der Waals surface area contributed by atoms with E-state index >= 15 is 0 Å². The summed E-state index contributed by atoms with van der Waals surface area (Å²) in [6.45, 7) is 5.47. The van der Waals surface area contributed by atoms with Crippen LogP contribution in [0.25, 0.3) is 0 Å². The van der Waals surface area contributed by atoms with E-state index in [0.717, 1.165) is 44.3 Å². The highest BCUT2D eigenvalue weighted by molar-refractivity contribution is 5.76. The van der Waals surface area contributed by atoms with E-state index in [1.807, 2.05) is 11.0 Å². The van der Waals surface area contributed by atoms with Gasteiger partial charge in [0.05, 0.1) is 18.8 Å². The Kier molecular flexibility index (Phi) is 7.27. The Morgan fingerprint density at radius 2 is 1.88 bits per heavy atom. The molecule has 6 nitrogen and oxygen atoms in total. The molecule has 0 saturated carbocycles. The molecule has 3 aliphatic heterocycles. The monoisotopic (exact) mass is 456 g/mol. The number of hydrogen-bond acceptors (Lipinski definition) is 5. The third-order valence-electron chi connectivity index (χ3n) is 6.73. The van der Waals surface area contributed by atoms with Crippen molar-refractivity contribution in [3.05, 3.63) is 29.8 Å². The largest absolute Gasteiger partial charge is 0.573 e. The summed E-state index contributed by atoms with van der Waals surface area (Å²) >= 11 is 0. The molecule has 178 valence electrons. The van der Waals surface area contributed by atoms with Crippen molar-refractivity contribution in [1.29, 1.82) is 0 Å². The second kappa shape index (κ2) is 9.97. The molecule has 4 rings (SSSR count). The molecule has 3 aliphatic rings. The van der Waals surface area contributed by atoms with Crippen LogP contribution < -0.4 is 4.74 Å². The zero-order chi connectivity index (χ0) is 22.6. The van der Waals surface area contributed by atoms with E-state index in [0.29, 0.717) is 51.8 Å². The van der Waals surface area contributed by atoms with Crippen molar-refractivity contribution < 1.29 is 32.2 Å². The maximum atomic E-state index is 12.6. The number of alkyl halides is 3. The number of amides is 1. The first kappa shape index (κ1) is 23.3. The van der Waals surface area contributed by atoms with Gasteiger partial charge in [-0.2, -0.15) is 0 Å². The van der Waals surface area contributed by atoms with Crippen LogP contribution in [0.2, 0.25) is 0 Å². The molecular weight excluding hydrogens is 425 g/mol. The molecule has 9 heteroatoms. The molecule has 1 aromatic carbocycles. The van der Waals surface area contributed by atoms with Gasteiger partial charge in [-0.1, -0.05) is 12.1 Å². The summed E-state index contributed by atoms with van der Waals surface area (Å²) in [5.41, 5.74) is 0.604. The fraction of sp³-hybridized carbons (Fsp3) is 0.696. The molecule has 3 fully saturated rings. The second-order valence-electron chi connectivity index (χ2n) is 9.06. The van der Waals surface area contributed by atoms with Gasteiger partial charge in [0, 0.05) is 45.8 Å². The van der Waals surface area contributed by atoms with Gasteiger partial charge in [0.1, 0.15) is 5.75 Å². The SMILES string of the molecule is O=C(CC1CCOC2(CCN(Cc3cccc(OC(F)(F)F)c3)CC2)C1)N1CCOCC1. The fourth-order valence-electron chi connectivity index (χ4n) is 5.06. The van der Waals surface area contributed by atoms with E-state index in [1.54, 1.807) is 6.07 Å². The summed E-state index contributed by atoms with van der Waals surface area (Å²) in [7, 11) is 0. The lowest BCUT2D eigenvalue weighted by atomic mass is 9.78. The van der Waals surface area contributed by atoms with E-state index < -0.39 is 6.36 Å². The standard InChI is InChI=1S/C23H31F3N2O4/c24-23(25,26)32-20-3-1-2-19(14-20)17-27-7-5-22(6-8-27)16-18(4-11-31-22)15-21(29)28-9-12-30-13-10-28/h1-3,14,18H,4-13,15-17H2. The third kappa shape index (κ3) is 6.36.